The summed E-state index contributed by atoms with van der Waals surface area (Å²) < 4.78 is 0. The second-order valence-electron chi connectivity index (χ2n) is 5.93. The van der Waals surface area contributed by atoms with Gasteiger partial charge in [-0.25, -0.2) is 0 Å². The van der Waals surface area contributed by atoms with E-state index in [1.807, 2.05) is 50.3 Å². The Morgan fingerprint density at radius 1 is 1.04 bits per heavy atom. The first-order chi connectivity index (χ1) is 13.1. The number of hydrogen-bond acceptors (Lipinski definition) is 3. The summed E-state index contributed by atoms with van der Waals surface area (Å²) in [6, 6.07) is 17.2. The maximum atomic E-state index is 12.4. The zero-order valence-electron chi connectivity index (χ0n) is 15.9. The van der Waals surface area contributed by atoms with E-state index in [9.17, 15) is 9.59 Å². The Balaban J connectivity index is 1.81. The summed E-state index contributed by atoms with van der Waals surface area (Å²) in [5.74, 6) is 1.05. The van der Waals surface area contributed by atoms with E-state index in [1.165, 1.54) is 0 Å². The van der Waals surface area contributed by atoms with E-state index in [2.05, 4.69) is 11.4 Å². The van der Waals surface area contributed by atoms with Crippen molar-refractivity contribution >= 4 is 35.3 Å². The first kappa shape index (κ1) is 20.8. The summed E-state index contributed by atoms with van der Waals surface area (Å²) in [4.78, 5) is 26.3. The normalized spacial score (nSPS) is 10.7. The molecule has 0 radical (unpaired) electrons. The topological polar surface area (TPSA) is 49.4 Å². The van der Waals surface area contributed by atoms with Crippen molar-refractivity contribution in [2.75, 3.05) is 29.9 Å². The lowest BCUT2D eigenvalue weighted by Gasteiger charge is -2.19. The molecule has 1 N–H and O–H groups in total. The van der Waals surface area contributed by atoms with Crippen molar-refractivity contribution < 1.29 is 9.59 Å². The van der Waals surface area contributed by atoms with Gasteiger partial charge < -0.3 is 10.2 Å². The smallest absolute Gasteiger partial charge is 0.253 e. The zero-order chi connectivity index (χ0) is 19.5. The quantitative estimate of drug-likeness (QED) is 0.647. The zero-order valence-corrected chi connectivity index (χ0v) is 16.7. The predicted octanol–water partition coefficient (Wildman–Crippen LogP) is 4.55. The molecule has 0 spiro atoms. The van der Waals surface area contributed by atoms with Gasteiger partial charge in [0, 0.05) is 30.1 Å². The number of amides is 2. The molecule has 0 heterocycles. The minimum absolute atomic E-state index is 0.0171. The van der Waals surface area contributed by atoms with Crippen LogP contribution in [-0.2, 0) is 4.79 Å². The number of anilines is 1. The van der Waals surface area contributed by atoms with Crippen LogP contribution in [-0.4, -0.2) is 41.3 Å². The maximum absolute atomic E-state index is 12.4. The van der Waals surface area contributed by atoms with E-state index < -0.39 is 0 Å². The Morgan fingerprint density at radius 3 is 2.48 bits per heavy atom. The van der Waals surface area contributed by atoms with Gasteiger partial charge in [-0.2, -0.15) is 0 Å². The van der Waals surface area contributed by atoms with Crippen LogP contribution in [0.4, 0.5) is 5.69 Å². The lowest BCUT2D eigenvalue weighted by molar-refractivity contribution is -0.113. The molecule has 142 valence electrons. The molecule has 5 heteroatoms. The third-order valence-electron chi connectivity index (χ3n) is 4.00. The molecule has 0 saturated carbocycles. The van der Waals surface area contributed by atoms with Gasteiger partial charge in [0.1, 0.15) is 0 Å². The third kappa shape index (κ3) is 6.94. The van der Waals surface area contributed by atoms with Gasteiger partial charge in [-0.05, 0) is 37.6 Å². The molecule has 0 unspecified atom stereocenters. The van der Waals surface area contributed by atoms with Crippen molar-refractivity contribution in [1.82, 2.24) is 4.90 Å². The second kappa shape index (κ2) is 11.2. The van der Waals surface area contributed by atoms with Crippen LogP contribution < -0.4 is 5.32 Å². The summed E-state index contributed by atoms with van der Waals surface area (Å²) in [7, 11) is 0. The van der Waals surface area contributed by atoms with Crippen molar-refractivity contribution in [3.05, 3.63) is 71.8 Å². The number of carbonyl (C=O) groups is 2. The highest BCUT2D eigenvalue weighted by molar-refractivity contribution is 8.00. The van der Waals surface area contributed by atoms with Gasteiger partial charge in [0.05, 0.1) is 5.75 Å². The second-order valence-corrected chi connectivity index (χ2v) is 6.96. The Kier molecular flexibility index (Phi) is 8.65. The number of nitrogens with zero attached hydrogens (tertiary/aromatic N) is 1. The number of benzene rings is 2. The van der Waals surface area contributed by atoms with Gasteiger partial charge in [0.15, 0.2) is 0 Å². The largest absolute Gasteiger partial charge is 0.339 e. The first-order valence-corrected chi connectivity index (χ1v) is 10.3. The van der Waals surface area contributed by atoms with Gasteiger partial charge in [-0.3, -0.25) is 9.59 Å². The predicted molar refractivity (Wildman–Crippen MR) is 115 cm³/mol. The molecule has 27 heavy (non-hydrogen) atoms. The van der Waals surface area contributed by atoms with Crippen molar-refractivity contribution in [2.45, 2.75) is 13.8 Å². The van der Waals surface area contributed by atoms with Crippen LogP contribution in [0.15, 0.2) is 60.7 Å². The Labute approximate surface area is 165 Å². The number of rotatable bonds is 9. The van der Waals surface area contributed by atoms with Crippen LogP contribution in [0.2, 0.25) is 0 Å². The molecule has 2 amide bonds. The lowest BCUT2D eigenvalue weighted by Crippen LogP contribution is -2.30. The van der Waals surface area contributed by atoms with E-state index in [0.717, 1.165) is 11.3 Å². The van der Waals surface area contributed by atoms with Gasteiger partial charge in [-0.15, -0.1) is 11.8 Å². The first-order valence-electron chi connectivity index (χ1n) is 9.12. The van der Waals surface area contributed by atoms with E-state index >= 15 is 0 Å². The molecule has 0 aliphatic rings. The molecule has 0 atom stereocenters. The fraction of sp³-hybridized carbons (Fsp3) is 0.273. The molecule has 0 saturated heterocycles. The average Bonchev–Trinajstić information content (AvgIpc) is 2.69. The average molecular weight is 383 g/mol. The summed E-state index contributed by atoms with van der Waals surface area (Å²) in [5.41, 5.74) is 2.39. The number of carbonyl (C=O) groups excluding carboxylic acids is 2. The molecule has 2 aromatic rings. The molecular weight excluding hydrogens is 356 g/mol. The minimum atomic E-state index is -0.0689. The van der Waals surface area contributed by atoms with Crippen molar-refractivity contribution in [3.63, 3.8) is 0 Å². The van der Waals surface area contributed by atoms with E-state index in [0.29, 0.717) is 30.1 Å². The highest BCUT2D eigenvalue weighted by atomic mass is 32.2. The standard InChI is InChI=1S/C22H26N2O2S/c1-3-24(4-2)22(26)19-13-8-14-20(16-19)23-21(25)17-27-15-9-12-18-10-6-5-7-11-18/h5-14,16H,3-4,15,17H2,1-2H3,(H,23,25)/b12-9+. The molecule has 0 bridgehead atoms. The van der Waals surface area contributed by atoms with Crippen LogP contribution in [0.3, 0.4) is 0 Å². The number of thioether (sulfide) groups is 1. The van der Waals surface area contributed by atoms with E-state index in [1.54, 1.807) is 40.9 Å². The van der Waals surface area contributed by atoms with Gasteiger partial charge >= 0.3 is 0 Å². The highest BCUT2D eigenvalue weighted by Crippen LogP contribution is 2.14. The highest BCUT2D eigenvalue weighted by Gasteiger charge is 2.13. The fourth-order valence-corrected chi connectivity index (χ4v) is 3.20. The van der Waals surface area contributed by atoms with Gasteiger partial charge in [0.25, 0.3) is 5.91 Å². The lowest BCUT2D eigenvalue weighted by atomic mass is 10.1. The molecule has 2 rings (SSSR count). The van der Waals surface area contributed by atoms with Crippen molar-refractivity contribution in [1.29, 1.82) is 0 Å². The molecule has 0 aliphatic heterocycles. The van der Waals surface area contributed by atoms with E-state index in [-0.39, 0.29) is 11.8 Å². The monoisotopic (exact) mass is 382 g/mol. The van der Waals surface area contributed by atoms with Crippen LogP contribution in [0, 0.1) is 0 Å². The summed E-state index contributed by atoms with van der Waals surface area (Å²) in [6.07, 6.45) is 4.10. The summed E-state index contributed by atoms with van der Waals surface area (Å²) >= 11 is 1.55. The Morgan fingerprint density at radius 2 is 1.78 bits per heavy atom. The molecular formula is C22H26N2O2S. The molecule has 0 aromatic heterocycles. The fourth-order valence-electron chi connectivity index (χ4n) is 2.59. The third-order valence-corrected chi connectivity index (χ3v) is 4.90. The van der Waals surface area contributed by atoms with Crippen LogP contribution in [0.1, 0.15) is 29.8 Å². The maximum Gasteiger partial charge on any atom is 0.253 e. The van der Waals surface area contributed by atoms with E-state index in [4.69, 9.17) is 0 Å². The van der Waals surface area contributed by atoms with Crippen LogP contribution in [0.25, 0.3) is 6.08 Å². The number of nitrogens with one attached hydrogen (secondary N) is 1. The minimum Gasteiger partial charge on any atom is -0.339 e. The summed E-state index contributed by atoms with van der Waals surface area (Å²) in [5, 5.41) is 2.87. The van der Waals surface area contributed by atoms with Crippen LogP contribution >= 0.6 is 11.8 Å². The Bertz CT molecular complexity index is 771. The van der Waals surface area contributed by atoms with Crippen molar-refractivity contribution in [2.24, 2.45) is 0 Å². The SMILES string of the molecule is CCN(CC)C(=O)c1cccc(NC(=O)CSC/C=C/c2ccccc2)c1. The number of hydrogen-bond donors (Lipinski definition) is 1. The van der Waals surface area contributed by atoms with Crippen molar-refractivity contribution in [3.8, 4) is 0 Å². The molecule has 0 aliphatic carbocycles. The van der Waals surface area contributed by atoms with Gasteiger partial charge in [0.2, 0.25) is 5.91 Å². The molecule has 0 fully saturated rings. The van der Waals surface area contributed by atoms with Crippen LogP contribution in [0.5, 0.6) is 0 Å². The molecule has 2 aromatic carbocycles. The Hall–Kier alpha value is -2.53. The summed E-state index contributed by atoms with van der Waals surface area (Å²) in [6.45, 7) is 5.24. The van der Waals surface area contributed by atoms with Gasteiger partial charge in [-0.1, -0.05) is 48.6 Å². The molecule has 4 nitrogen and oxygen atoms in total.